The molecular weight excluding hydrogens is 238 g/mol. The molecule has 4 nitrogen and oxygen atoms in total. The Hall–Kier alpha value is -1.39. The van der Waals surface area contributed by atoms with E-state index >= 15 is 0 Å². The fourth-order valence-electron chi connectivity index (χ4n) is 2.86. The molecule has 0 aliphatic carbocycles. The number of rotatable bonds is 1. The molecule has 0 radical (unpaired) electrons. The molecule has 0 spiro atoms. The Balaban J connectivity index is 1.76. The average molecular weight is 259 g/mol. The highest BCUT2D eigenvalue weighted by Gasteiger charge is 2.20. The summed E-state index contributed by atoms with van der Waals surface area (Å²) in [6.07, 6.45) is 1.06. The van der Waals surface area contributed by atoms with Crippen LogP contribution in [0.1, 0.15) is 27.9 Å². The van der Waals surface area contributed by atoms with Gasteiger partial charge in [0.1, 0.15) is 0 Å². The van der Waals surface area contributed by atoms with Crippen LogP contribution in [0.4, 0.5) is 0 Å². The van der Waals surface area contributed by atoms with Gasteiger partial charge in [-0.25, -0.2) is 0 Å². The van der Waals surface area contributed by atoms with Gasteiger partial charge in [-0.1, -0.05) is 6.07 Å². The monoisotopic (exact) mass is 259 g/mol. The Bertz CT molecular complexity index is 486. The third-order valence-corrected chi connectivity index (χ3v) is 4.09. The largest absolute Gasteiger partial charge is 0.337 e. The molecule has 1 N–H and O–H groups in total. The fraction of sp³-hybridized carbons (Fsp3) is 0.533. The lowest BCUT2D eigenvalue weighted by atomic mass is 10.1. The second-order valence-corrected chi connectivity index (χ2v) is 5.54. The minimum absolute atomic E-state index is 0.185. The van der Waals surface area contributed by atoms with Crippen molar-refractivity contribution in [3.63, 3.8) is 0 Å². The van der Waals surface area contributed by atoms with Crippen LogP contribution in [0.25, 0.3) is 0 Å². The summed E-state index contributed by atoms with van der Waals surface area (Å²) in [6, 6.07) is 6.13. The molecule has 0 aromatic heterocycles. The summed E-state index contributed by atoms with van der Waals surface area (Å²) in [7, 11) is 2.12. The van der Waals surface area contributed by atoms with E-state index in [1.807, 2.05) is 11.0 Å². The topological polar surface area (TPSA) is 35.6 Å². The zero-order chi connectivity index (χ0) is 13.2. The van der Waals surface area contributed by atoms with Crippen molar-refractivity contribution in [3.8, 4) is 0 Å². The van der Waals surface area contributed by atoms with Crippen LogP contribution in [0, 0.1) is 0 Å². The highest BCUT2D eigenvalue weighted by Crippen LogP contribution is 2.18. The normalized spacial score (nSPS) is 20.2. The molecule has 102 valence electrons. The lowest BCUT2D eigenvalue weighted by molar-refractivity contribution is 0.0762. The first-order chi connectivity index (χ1) is 9.24. The molecule has 4 heteroatoms. The molecule has 1 amide bonds. The predicted molar refractivity (Wildman–Crippen MR) is 75.0 cm³/mol. The highest BCUT2D eigenvalue weighted by molar-refractivity contribution is 5.94. The number of hydrogen-bond acceptors (Lipinski definition) is 3. The van der Waals surface area contributed by atoms with E-state index in [1.54, 1.807) is 0 Å². The zero-order valence-corrected chi connectivity index (χ0v) is 11.5. The Labute approximate surface area is 114 Å². The molecule has 0 atom stereocenters. The maximum atomic E-state index is 12.5. The summed E-state index contributed by atoms with van der Waals surface area (Å²) < 4.78 is 0. The van der Waals surface area contributed by atoms with Gasteiger partial charge in [0, 0.05) is 38.3 Å². The summed E-state index contributed by atoms with van der Waals surface area (Å²) in [5, 5.41) is 3.32. The zero-order valence-electron chi connectivity index (χ0n) is 11.5. The third-order valence-electron chi connectivity index (χ3n) is 4.09. The number of likely N-dealkylation sites (N-methyl/N-ethyl adjacent to an activating group) is 1. The first-order valence-electron chi connectivity index (χ1n) is 7.04. The van der Waals surface area contributed by atoms with Crippen molar-refractivity contribution in [2.45, 2.75) is 19.5 Å². The van der Waals surface area contributed by atoms with Gasteiger partial charge < -0.3 is 15.1 Å². The standard InChI is InChI=1S/C15H21N3O/c1-17-5-2-6-18(8-7-17)15(19)12-3-4-13-10-16-11-14(13)9-12/h3-4,9,16H,2,5-8,10-11H2,1H3. The number of amides is 1. The first-order valence-corrected chi connectivity index (χ1v) is 7.04. The Kier molecular flexibility index (Phi) is 3.53. The highest BCUT2D eigenvalue weighted by atomic mass is 16.2. The molecule has 2 heterocycles. The fourth-order valence-corrected chi connectivity index (χ4v) is 2.86. The molecule has 0 bridgehead atoms. The van der Waals surface area contributed by atoms with Crippen LogP contribution >= 0.6 is 0 Å². The smallest absolute Gasteiger partial charge is 0.253 e. The van der Waals surface area contributed by atoms with E-state index in [4.69, 9.17) is 0 Å². The first kappa shape index (κ1) is 12.6. The lowest BCUT2D eigenvalue weighted by Gasteiger charge is -2.21. The van der Waals surface area contributed by atoms with Crippen LogP contribution in [0.5, 0.6) is 0 Å². The minimum Gasteiger partial charge on any atom is -0.337 e. The van der Waals surface area contributed by atoms with Gasteiger partial charge in [0.25, 0.3) is 5.91 Å². The van der Waals surface area contributed by atoms with Gasteiger partial charge in [-0.15, -0.1) is 0 Å². The molecule has 19 heavy (non-hydrogen) atoms. The lowest BCUT2D eigenvalue weighted by Crippen LogP contribution is -2.34. The Morgan fingerprint density at radius 1 is 1.11 bits per heavy atom. The molecule has 1 aromatic carbocycles. The van der Waals surface area contributed by atoms with E-state index < -0.39 is 0 Å². The van der Waals surface area contributed by atoms with Crippen molar-refractivity contribution in [1.29, 1.82) is 0 Å². The van der Waals surface area contributed by atoms with Crippen LogP contribution in [-0.2, 0) is 13.1 Å². The number of nitrogens with zero attached hydrogens (tertiary/aromatic N) is 2. The molecule has 2 aliphatic rings. The number of carbonyl (C=O) groups excluding carboxylic acids is 1. The Morgan fingerprint density at radius 2 is 1.95 bits per heavy atom. The van der Waals surface area contributed by atoms with E-state index in [0.29, 0.717) is 0 Å². The summed E-state index contributed by atoms with van der Waals surface area (Å²) in [4.78, 5) is 16.8. The summed E-state index contributed by atoms with van der Waals surface area (Å²) >= 11 is 0. The second kappa shape index (κ2) is 5.31. The number of carbonyl (C=O) groups is 1. The van der Waals surface area contributed by atoms with Gasteiger partial charge in [-0.3, -0.25) is 4.79 Å². The third kappa shape index (κ3) is 2.65. The molecule has 0 unspecified atom stereocenters. The van der Waals surface area contributed by atoms with Crippen LogP contribution in [0.2, 0.25) is 0 Å². The Morgan fingerprint density at radius 3 is 2.84 bits per heavy atom. The SMILES string of the molecule is CN1CCCN(C(=O)c2ccc3c(c2)CNC3)CC1. The van der Waals surface area contributed by atoms with Crippen LogP contribution in [0.3, 0.4) is 0 Å². The van der Waals surface area contributed by atoms with E-state index in [9.17, 15) is 4.79 Å². The van der Waals surface area contributed by atoms with Gasteiger partial charge in [0.15, 0.2) is 0 Å². The van der Waals surface area contributed by atoms with Crippen molar-refractivity contribution in [2.24, 2.45) is 0 Å². The van der Waals surface area contributed by atoms with E-state index in [-0.39, 0.29) is 5.91 Å². The number of hydrogen-bond donors (Lipinski definition) is 1. The van der Waals surface area contributed by atoms with Crippen LogP contribution in [-0.4, -0.2) is 48.9 Å². The molecule has 2 aliphatic heterocycles. The number of nitrogens with one attached hydrogen (secondary N) is 1. The summed E-state index contributed by atoms with van der Waals surface area (Å²) in [6.45, 7) is 5.58. The van der Waals surface area contributed by atoms with Gasteiger partial charge in [0.05, 0.1) is 0 Å². The predicted octanol–water partition coefficient (Wildman–Crippen LogP) is 1.07. The van der Waals surface area contributed by atoms with Gasteiger partial charge in [0.2, 0.25) is 0 Å². The van der Waals surface area contributed by atoms with Gasteiger partial charge >= 0.3 is 0 Å². The molecule has 0 saturated carbocycles. The maximum absolute atomic E-state index is 12.5. The molecule has 1 fully saturated rings. The second-order valence-electron chi connectivity index (χ2n) is 5.54. The van der Waals surface area contributed by atoms with Crippen molar-refractivity contribution in [1.82, 2.24) is 15.1 Å². The molecule has 1 aromatic rings. The number of benzene rings is 1. The van der Waals surface area contributed by atoms with Crippen LogP contribution in [0.15, 0.2) is 18.2 Å². The van der Waals surface area contributed by atoms with E-state index in [2.05, 4.69) is 29.4 Å². The molecule has 3 rings (SSSR count). The van der Waals surface area contributed by atoms with Gasteiger partial charge in [-0.2, -0.15) is 0 Å². The molecular formula is C15H21N3O. The summed E-state index contributed by atoms with van der Waals surface area (Å²) in [5.41, 5.74) is 3.44. The summed E-state index contributed by atoms with van der Waals surface area (Å²) in [5.74, 6) is 0.185. The minimum atomic E-state index is 0.185. The van der Waals surface area contributed by atoms with Gasteiger partial charge in [-0.05, 0) is 43.3 Å². The van der Waals surface area contributed by atoms with Crippen molar-refractivity contribution in [2.75, 3.05) is 33.2 Å². The van der Waals surface area contributed by atoms with Crippen molar-refractivity contribution >= 4 is 5.91 Å². The number of fused-ring (bicyclic) bond motifs is 1. The molecule has 1 saturated heterocycles. The quantitative estimate of drug-likeness (QED) is 0.819. The van der Waals surface area contributed by atoms with Crippen molar-refractivity contribution < 1.29 is 4.79 Å². The maximum Gasteiger partial charge on any atom is 0.253 e. The average Bonchev–Trinajstić information content (AvgIpc) is 2.78. The van der Waals surface area contributed by atoms with E-state index in [1.165, 1.54) is 11.1 Å². The van der Waals surface area contributed by atoms with Crippen molar-refractivity contribution in [3.05, 3.63) is 34.9 Å². The van der Waals surface area contributed by atoms with E-state index in [0.717, 1.165) is 51.3 Å². The van der Waals surface area contributed by atoms with Crippen LogP contribution < -0.4 is 5.32 Å².